The van der Waals surface area contributed by atoms with E-state index in [2.05, 4.69) is 10.3 Å². The quantitative estimate of drug-likeness (QED) is 0.907. The number of nitrogens with zero attached hydrogens (tertiary/aromatic N) is 2. The van der Waals surface area contributed by atoms with E-state index in [0.717, 1.165) is 17.1 Å². The summed E-state index contributed by atoms with van der Waals surface area (Å²) in [6.07, 6.45) is 4.75. The van der Waals surface area contributed by atoms with Crippen LogP contribution in [0.3, 0.4) is 0 Å². The lowest BCUT2D eigenvalue weighted by Gasteiger charge is -2.20. The first kappa shape index (κ1) is 12.1. The van der Waals surface area contributed by atoms with E-state index < -0.39 is 0 Å². The van der Waals surface area contributed by atoms with Gasteiger partial charge in [-0.05, 0) is 6.42 Å². The first-order valence-electron chi connectivity index (χ1n) is 5.72. The molecular formula is C12H17N3OS. The molecule has 0 aliphatic rings. The van der Waals surface area contributed by atoms with Crippen LogP contribution >= 0.6 is 11.3 Å². The fraction of sp³-hybridized carbons (Fsp3) is 0.500. The number of hydrogen-bond acceptors (Lipinski definition) is 3. The maximum Gasteiger partial charge on any atom is 0.225 e. The van der Waals surface area contributed by atoms with Gasteiger partial charge in [-0.3, -0.25) is 9.20 Å². The van der Waals surface area contributed by atoms with Crippen molar-refractivity contribution in [1.82, 2.24) is 14.7 Å². The van der Waals surface area contributed by atoms with Gasteiger partial charge in [0.2, 0.25) is 5.91 Å². The predicted octanol–water partition coefficient (Wildman–Crippen LogP) is 2.45. The molecule has 0 aromatic carbocycles. The fourth-order valence-electron chi connectivity index (χ4n) is 1.43. The Morgan fingerprint density at radius 3 is 3.00 bits per heavy atom. The Hall–Kier alpha value is -1.36. The third kappa shape index (κ3) is 2.49. The van der Waals surface area contributed by atoms with Gasteiger partial charge in [0.15, 0.2) is 4.96 Å². The maximum atomic E-state index is 11.9. The van der Waals surface area contributed by atoms with Gasteiger partial charge in [-0.1, -0.05) is 20.8 Å². The summed E-state index contributed by atoms with van der Waals surface area (Å²) in [5, 5.41) is 4.92. The van der Waals surface area contributed by atoms with Crippen molar-refractivity contribution in [1.29, 1.82) is 0 Å². The van der Waals surface area contributed by atoms with Crippen molar-refractivity contribution >= 4 is 22.2 Å². The van der Waals surface area contributed by atoms with E-state index in [9.17, 15) is 4.79 Å². The van der Waals surface area contributed by atoms with E-state index >= 15 is 0 Å². The van der Waals surface area contributed by atoms with Crippen LogP contribution in [-0.4, -0.2) is 15.3 Å². The Bertz CT molecular complexity index is 498. The molecule has 2 rings (SSSR count). The van der Waals surface area contributed by atoms with E-state index in [1.807, 2.05) is 42.9 Å². The molecule has 4 nitrogen and oxygen atoms in total. The van der Waals surface area contributed by atoms with Crippen LogP contribution in [0.2, 0.25) is 0 Å². The highest BCUT2D eigenvalue weighted by molar-refractivity contribution is 7.15. The molecule has 0 aliphatic heterocycles. The summed E-state index contributed by atoms with van der Waals surface area (Å²) in [6.45, 7) is 6.42. The minimum Gasteiger partial charge on any atom is -0.350 e. The third-order valence-electron chi connectivity index (χ3n) is 3.07. The molecule has 0 aliphatic carbocycles. The molecule has 0 radical (unpaired) electrons. The Balaban J connectivity index is 1.99. The van der Waals surface area contributed by atoms with Gasteiger partial charge < -0.3 is 5.32 Å². The molecule has 0 unspecified atom stereocenters. The summed E-state index contributed by atoms with van der Waals surface area (Å²) in [7, 11) is 0. The van der Waals surface area contributed by atoms with Crippen molar-refractivity contribution in [3.63, 3.8) is 0 Å². The van der Waals surface area contributed by atoms with Gasteiger partial charge in [0.1, 0.15) is 0 Å². The second kappa shape index (κ2) is 4.49. The van der Waals surface area contributed by atoms with Gasteiger partial charge in [-0.15, -0.1) is 11.3 Å². The van der Waals surface area contributed by atoms with E-state index in [0.29, 0.717) is 6.54 Å². The molecular weight excluding hydrogens is 234 g/mol. The van der Waals surface area contributed by atoms with Crippen molar-refractivity contribution < 1.29 is 4.79 Å². The molecule has 2 aromatic rings. The Morgan fingerprint density at radius 2 is 2.35 bits per heavy atom. The van der Waals surface area contributed by atoms with Gasteiger partial charge >= 0.3 is 0 Å². The highest BCUT2D eigenvalue weighted by atomic mass is 32.1. The Kier molecular flexibility index (Phi) is 3.19. The van der Waals surface area contributed by atoms with Crippen LogP contribution in [0.4, 0.5) is 0 Å². The van der Waals surface area contributed by atoms with E-state index in [1.54, 1.807) is 11.3 Å². The molecule has 2 heterocycles. The number of carbonyl (C=O) groups is 1. The van der Waals surface area contributed by atoms with Crippen LogP contribution in [-0.2, 0) is 11.3 Å². The molecule has 17 heavy (non-hydrogen) atoms. The third-order valence-corrected chi connectivity index (χ3v) is 3.84. The van der Waals surface area contributed by atoms with Gasteiger partial charge in [0.25, 0.3) is 0 Å². The van der Waals surface area contributed by atoms with Crippen LogP contribution in [0.25, 0.3) is 4.96 Å². The smallest absolute Gasteiger partial charge is 0.225 e. The lowest BCUT2D eigenvalue weighted by molar-refractivity contribution is -0.129. The zero-order valence-corrected chi connectivity index (χ0v) is 11.2. The number of aromatic nitrogens is 2. The monoisotopic (exact) mass is 251 g/mol. The number of amides is 1. The van der Waals surface area contributed by atoms with E-state index in [-0.39, 0.29) is 11.3 Å². The molecule has 2 aromatic heterocycles. The number of fused-ring (bicyclic) bond motifs is 1. The summed E-state index contributed by atoms with van der Waals surface area (Å²) in [6, 6.07) is 0. The lowest BCUT2D eigenvalue weighted by Crippen LogP contribution is -2.36. The van der Waals surface area contributed by atoms with Crippen LogP contribution in [0.5, 0.6) is 0 Å². The first-order chi connectivity index (χ1) is 8.03. The van der Waals surface area contributed by atoms with Gasteiger partial charge in [0.05, 0.1) is 12.2 Å². The number of thiazole rings is 1. The highest BCUT2D eigenvalue weighted by Gasteiger charge is 2.24. The second-order valence-corrected chi connectivity index (χ2v) is 5.62. The molecule has 0 fully saturated rings. The van der Waals surface area contributed by atoms with Gasteiger partial charge in [-0.2, -0.15) is 0 Å². The normalized spacial score (nSPS) is 11.9. The van der Waals surface area contributed by atoms with Crippen molar-refractivity contribution in [2.45, 2.75) is 33.7 Å². The first-order valence-corrected chi connectivity index (χ1v) is 6.60. The summed E-state index contributed by atoms with van der Waals surface area (Å²) in [5.41, 5.74) is 0.592. The fourth-order valence-corrected chi connectivity index (χ4v) is 2.15. The number of rotatable bonds is 4. The average Bonchev–Trinajstić information content (AvgIpc) is 2.85. The molecule has 1 N–H and O–H groups in total. The van der Waals surface area contributed by atoms with Gasteiger partial charge in [-0.25, -0.2) is 4.98 Å². The number of carbonyl (C=O) groups excluding carboxylic acids is 1. The molecule has 0 saturated heterocycles. The topological polar surface area (TPSA) is 46.4 Å². The predicted molar refractivity (Wildman–Crippen MR) is 69.0 cm³/mol. The zero-order valence-electron chi connectivity index (χ0n) is 10.4. The van der Waals surface area contributed by atoms with Crippen molar-refractivity contribution in [3.8, 4) is 0 Å². The number of nitrogens with one attached hydrogen (secondary N) is 1. The summed E-state index contributed by atoms with van der Waals surface area (Å²) >= 11 is 1.59. The Labute approximate surface area is 105 Å². The van der Waals surface area contributed by atoms with Crippen LogP contribution in [0, 0.1) is 5.41 Å². The van der Waals surface area contributed by atoms with E-state index in [4.69, 9.17) is 0 Å². The summed E-state index contributed by atoms with van der Waals surface area (Å²) in [5.74, 6) is 0.0800. The number of hydrogen-bond donors (Lipinski definition) is 1. The number of imidazole rings is 1. The Morgan fingerprint density at radius 1 is 1.59 bits per heavy atom. The van der Waals surface area contributed by atoms with Crippen molar-refractivity contribution in [3.05, 3.63) is 23.5 Å². The molecule has 0 spiro atoms. The van der Waals surface area contributed by atoms with Crippen LogP contribution in [0.1, 0.15) is 32.9 Å². The SMILES string of the molecule is CCC(C)(C)C(=O)NCc1cn2ccsc2n1. The standard InChI is InChI=1S/C12H17N3OS/c1-4-12(2,3)10(16)13-7-9-8-15-5-6-17-11(15)14-9/h5-6,8H,4,7H2,1-3H3,(H,13,16). The average molecular weight is 251 g/mol. The molecule has 0 atom stereocenters. The molecule has 0 bridgehead atoms. The zero-order chi connectivity index (χ0) is 12.5. The minimum atomic E-state index is -0.308. The molecule has 5 heteroatoms. The van der Waals surface area contributed by atoms with Crippen LogP contribution in [0.15, 0.2) is 17.8 Å². The molecule has 1 amide bonds. The summed E-state index contributed by atoms with van der Waals surface area (Å²) < 4.78 is 1.97. The molecule has 0 saturated carbocycles. The maximum absolute atomic E-state index is 11.9. The second-order valence-electron chi connectivity index (χ2n) is 4.75. The summed E-state index contributed by atoms with van der Waals surface area (Å²) in [4.78, 5) is 17.3. The molecule has 92 valence electrons. The van der Waals surface area contributed by atoms with Crippen molar-refractivity contribution in [2.24, 2.45) is 5.41 Å². The highest BCUT2D eigenvalue weighted by Crippen LogP contribution is 2.19. The van der Waals surface area contributed by atoms with Crippen LogP contribution < -0.4 is 5.32 Å². The van der Waals surface area contributed by atoms with Crippen molar-refractivity contribution in [2.75, 3.05) is 0 Å². The lowest BCUT2D eigenvalue weighted by atomic mass is 9.89. The minimum absolute atomic E-state index is 0.0800. The van der Waals surface area contributed by atoms with Gasteiger partial charge in [0, 0.05) is 23.2 Å². The largest absolute Gasteiger partial charge is 0.350 e. The van der Waals surface area contributed by atoms with E-state index in [1.165, 1.54) is 0 Å².